The molecule has 4 fully saturated rings. The summed E-state index contributed by atoms with van der Waals surface area (Å²) >= 11 is 0. The Morgan fingerprint density at radius 3 is 0.864 bits per heavy atom. The zero-order chi connectivity index (χ0) is 101. The van der Waals surface area contributed by atoms with Gasteiger partial charge in [0, 0.05) is 118 Å². The minimum Gasteiger partial charge on any atom is -0.377 e. The summed E-state index contributed by atoms with van der Waals surface area (Å²) in [6.07, 6.45) is 29.9. The quantitative estimate of drug-likeness (QED) is 0.0304. The molecule has 4 N–H and O–H groups in total. The number of rotatable bonds is 30. The van der Waals surface area contributed by atoms with Crippen molar-refractivity contribution in [2.24, 2.45) is 53.3 Å². The molecular weight excluding hydrogens is 1780 g/mol. The predicted molar refractivity (Wildman–Crippen MR) is 543 cm³/mol. The van der Waals surface area contributed by atoms with Gasteiger partial charge in [-0.25, -0.2) is 57.4 Å². The minimum absolute atomic E-state index is 0.0302. The Hall–Kier alpha value is -12.4. The number of benzene rings is 4. The van der Waals surface area contributed by atoms with Gasteiger partial charge in [0.05, 0.1) is 53.9 Å². The van der Waals surface area contributed by atoms with Gasteiger partial charge >= 0.3 is 0 Å². The predicted octanol–water partition coefficient (Wildman–Crippen LogP) is 23.6. The molecule has 0 unspecified atom stereocenters. The summed E-state index contributed by atoms with van der Waals surface area (Å²) in [5, 5.41) is 11.9. The summed E-state index contributed by atoms with van der Waals surface area (Å²) in [5.41, 5.74) is 14.0. The van der Waals surface area contributed by atoms with Crippen molar-refractivity contribution >= 4 is 114 Å². The molecule has 744 valence electrons. The van der Waals surface area contributed by atoms with E-state index in [1.54, 1.807) is 56.2 Å². The van der Waals surface area contributed by atoms with Crippen molar-refractivity contribution in [2.45, 2.75) is 263 Å². The summed E-state index contributed by atoms with van der Waals surface area (Å²) < 4.78 is 72.3. The lowest BCUT2D eigenvalue weighted by Crippen LogP contribution is -2.30. The number of nitrogens with zero attached hydrogens (tertiary/aromatic N) is 13. The van der Waals surface area contributed by atoms with Crippen LogP contribution in [0.3, 0.4) is 0 Å². The molecular formula is C110H137F4N17O9. The van der Waals surface area contributed by atoms with Crippen molar-refractivity contribution in [3.05, 3.63) is 168 Å². The van der Waals surface area contributed by atoms with Crippen LogP contribution >= 0.6 is 0 Å². The molecule has 0 bridgehead atoms. The third-order valence-corrected chi connectivity index (χ3v) is 27.9. The molecule has 8 heterocycles. The Kier molecular flexibility index (Phi) is 35.4. The van der Waals surface area contributed by atoms with Crippen LogP contribution in [0.4, 0.5) is 40.8 Å². The van der Waals surface area contributed by atoms with Crippen LogP contribution in [0.1, 0.15) is 257 Å². The van der Waals surface area contributed by atoms with Crippen LogP contribution in [0.5, 0.6) is 0 Å². The fraction of sp³-hybridized carbons (Fsp3) is 0.491. The number of anilines is 4. The Bertz CT molecular complexity index is 6510. The fourth-order valence-corrected chi connectivity index (χ4v) is 20.3. The normalized spacial score (nSPS) is 18.3. The number of aryl methyl sites for hydroxylation is 4. The first kappa shape index (κ1) is 105. The number of halogens is 4. The molecule has 8 atom stereocenters. The van der Waals surface area contributed by atoms with E-state index in [4.69, 9.17) is 4.74 Å². The maximum absolute atomic E-state index is 14.9. The Morgan fingerprint density at radius 2 is 0.621 bits per heavy atom. The van der Waals surface area contributed by atoms with E-state index in [1.165, 1.54) is 31.4 Å². The van der Waals surface area contributed by atoms with E-state index in [-0.39, 0.29) is 154 Å². The minimum atomic E-state index is -0.380. The van der Waals surface area contributed by atoms with Gasteiger partial charge in [-0.2, -0.15) is 0 Å². The molecule has 0 saturated heterocycles. The van der Waals surface area contributed by atoms with Gasteiger partial charge in [0.1, 0.15) is 69.3 Å². The second kappa shape index (κ2) is 47.2. The van der Waals surface area contributed by atoms with Gasteiger partial charge in [0.2, 0.25) is 23.6 Å². The number of likely N-dealkylation sites (N-methyl/N-ethyl adjacent to an activating group) is 1. The van der Waals surface area contributed by atoms with Crippen molar-refractivity contribution in [2.75, 3.05) is 55.6 Å². The molecule has 0 radical (unpaired) electrons. The number of Topliss-reactive ketones (excluding diaryl/α,β-unsaturated/α-hetero) is 4. The third kappa shape index (κ3) is 26.2. The van der Waals surface area contributed by atoms with Crippen LogP contribution in [-0.2, 0) is 43.1 Å². The molecule has 12 aromatic rings. The number of fused-ring (bicyclic) bond motifs is 4. The molecule has 4 aliphatic rings. The standard InChI is InChI=1S/C28H36FN5O2.C28H35FN4O2.C27H33FN4O3.C27H33FN4O2/c1-17(2)34-16-31-27-24(29)11-21(12-25(27)34)23-13-26(30-14-18(23)3)32-28(36)20-8-6-7-19(9-20)10-22(35)15-33(4)5;1-16(2)25(34)10-19-7-6-8-20(9-19)28(35)32-26-13-22(18(5)14-30-26)21-11-23(29)27-24(12-21)33(15-31-27)17(3)4;1-16(2)32-15-30-26-23(28)10-20(11-24(26)32)22-12-25(29-13-17(22)3)31-27(34)19-7-5-6-18(8-19)9-21(33)14-35-4;1-5-21(33)10-18-7-6-8-19(9-18)27(34)31-25-13-22(17(4)14-29-25)20-11-23(28)26-24(12-20)32(15-30-26)16(2)3/h11-14,16-17,19-20H,6-10,15H2,1-5H3,(H,30,32,36);11-17,19-20H,6-10H2,1-5H3,(H,30,32,35);10-13,15-16,18-19H,5-9,14H2,1-4H3,(H,29,31,34);11-16,18-19H,5-10H2,1-4H3,(H,29,31,34)/t2*19-,20+;2*18-,19+/m1111/s1. The molecule has 16 rings (SSSR count). The SMILES string of the molecule is CCC(=O)C[C@@H]1CCC[C@H](C(=O)Nc2cc(-c3cc(F)c4ncn(C(C)C)c4c3)c(C)cn2)C1.COCC(=O)C[C@@H]1CCC[C@H](C(=O)Nc2cc(-c3cc(F)c4ncn(C(C)C)c4c3)c(C)cn2)C1.Cc1cnc(NC(=O)[C@H]2CCC[C@@H](CC(=O)C(C)C)C2)cc1-c1cc(F)c2ncn(C(C)C)c2c1.Cc1cnc(NC(=O)[C@H]2CCC[C@@H](CC(=O)CN(C)C)C2)cc1-c1cc(F)c2ncn(C(C)C)c2c1. The smallest absolute Gasteiger partial charge is 0.228 e. The van der Waals surface area contributed by atoms with Crippen molar-refractivity contribution in [3.63, 3.8) is 0 Å². The Labute approximate surface area is 818 Å². The third-order valence-electron chi connectivity index (χ3n) is 27.9. The number of aromatic nitrogens is 12. The topological polar surface area (TPSA) is 320 Å². The zero-order valence-corrected chi connectivity index (χ0v) is 84.3. The monoisotopic (exact) mass is 1920 g/mol. The summed E-state index contributed by atoms with van der Waals surface area (Å²) in [7, 11) is 5.30. The maximum atomic E-state index is 14.9. The molecule has 4 aromatic carbocycles. The lowest BCUT2D eigenvalue weighted by Gasteiger charge is -2.28. The van der Waals surface area contributed by atoms with Gasteiger partial charge in [0.15, 0.2) is 29.1 Å². The summed E-state index contributed by atoms with van der Waals surface area (Å²) in [6, 6.07) is 21.5. The Balaban J connectivity index is 0.000000157. The van der Waals surface area contributed by atoms with E-state index < -0.39 is 0 Å². The first-order valence-electron chi connectivity index (χ1n) is 49.8. The first-order valence-corrected chi connectivity index (χ1v) is 49.8. The number of methoxy groups -OCH3 is 1. The number of hydrogen-bond acceptors (Lipinski definition) is 18. The van der Waals surface area contributed by atoms with Crippen LogP contribution in [0, 0.1) is 104 Å². The number of hydrogen-bond donors (Lipinski definition) is 4. The van der Waals surface area contributed by atoms with Gasteiger partial charge in [-0.1, -0.05) is 46.5 Å². The molecule has 30 heteroatoms. The number of amides is 4. The van der Waals surface area contributed by atoms with Gasteiger partial charge in [-0.05, 0) is 337 Å². The molecule has 4 amide bonds. The summed E-state index contributed by atoms with van der Waals surface area (Å²) in [4.78, 5) is 137. The lowest BCUT2D eigenvalue weighted by molar-refractivity contribution is -0.125. The van der Waals surface area contributed by atoms with Gasteiger partial charge in [-0.15, -0.1) is 0 Å². The molecule has 4 saturated carbocycles. The number of carbonyl (C=O) groups is 8. The van der Waals surface area contributed by atoms with E-state index in [2.05, 4.69) is 61.1 Å². The van der Waals surface area contributed by atoms with Gasteiger partial charge in [0.25, 0.3) is 0 Å². The maximum Gasteiger partial charge on any atom is 0.228 e. The van der Waals surface area contributed by atoms with Crippen LogP contribution in [0.25, 0.3) is 88.6 Å². The van der Waals surface area contributed by atoms with Crippen LogP contribution in [-0.4, -0.2) is 144 Å². The summed E-state index contributed by atoms with van der Waals surface area (Å²) in [6.45, 7) is 30.2. The van der Waals surface area contributed by atoms with Crippen molar-refractivity contribution in [1.29, 1.82) is 0 Å². The number of nitrogens with one attached hydrogen (secondary N) is 4. The molecule has 8 aromatic heterocycles. The van der Waals surface area contributed by atoms with Crippen LogP contribution in [0.2, 0.25) is 0 Å². The largest absolute Gasteiger partial charge is 0.377 e. The highest BCUT2D eigenvalue weighted by molar-refractivity contribution is 5.97. The lowest BCUT2D eigenvalue weighted by atomic mass is 9.78. The number of pyridine rings is 4. The number of ether oxygens (including phenoxy) is 1. The molecule has 0 spiro atoms. The average Bonchev–Trinajstić information content (AvgIpc) is 1.66. The van der Waals surface area contributed by atoms with Crippen LogP contribution in [0.15, 0.2) is 123 Å². The highest BCUT2D eigenvalue weighted by Crippen LogP contribution is 2.42. The zero-order valence-electron chi connectivity index (χ0n) is 84.3. The number of ketones is 4. The van der Waals surface area contributed by atoms with Crippen molar-refractivity contribution < 1.29 is 60.7 Å². The molecule has 4 aliphatic carbocycles. The molecule has 140 heavy (non-hydrogen) atoms. The second-order valence-corrected chi connectivity index (χ2v) is 40.8. The van der Waals surface area contributed by atoms with E-state index in [1.807, 2.05) is 184 Å². The van der Waals surface area contributed by atoms with E-state index in [9.17, 15) is 55.9 Å². The molecule has 26 nitrogen and oxygen atoms in total. The van der Waals surface area contributed by atoms with Crippen LogP contribution < -0.4 is 21.3 Å². The van der Waals surface area contributed by atoms with Gasteiger partial charge < -0.3 is 49.2 Å². The number of carbonyl (C=O) groups excluding carboxylic acids is 8. The highest BCUT2D eigenvalue weighted by atomic mass is 19.1. The number of imidazole rings is 4. The molecule has 0 aliphatic heterocycles. The van der Waals surface area contributed by atoms with E-state index >= 15 is 0 Å². The highest BCUT2D eigenvalue weighted by Gasteiger charge is 2.35. The second-order valence-electron chi connectivity index (χ2n) is 40.8. The van der Waals surface area contributed by atoms with Crippen molar-refractivity contribution in [3.8, 4) is 44.5 Å². The van der Waals surface area contributed by atoms with E-state index in [0.717, 1.165) is 173 Å². The first-order chi connectivity index (χ1) is 66.8. The fourth-order valence-electron chi connectivity index (χ4n) is 20.3. The van der Waals surface area contributed by atoms with Crippen molar-refractivity contribution in [1.82, 2.24) is 63.0 Å². The summed E-state index contributed by atoms with van der Waals surface area (Å²) in [5.74, 6) is 1.29. The average molecular weight is 1920 g/mol. The van der Waals surface area contributed by atoms with Gasteiger partial charge in [-0.3, -0.25) is 38.4 Å². The Morgan fingerprint density at radius 1 is 0.364 bits per heavy atom. The van der Waals surface area contributed by atoms with E-state index in [0.29, 0.717) is 102 Å².